The van der Waals surface area contributed by atoms with Gasteiger partial charge in [-0.15, -0.1) is 21.5 Å². The van der Waals surface area contributed by atoms with Crippen LogP contribution in [0, 0.1) is 0 Å². The summed E-state index contributed by atoms with van der Waals surface area (Å²) in [5.41, 5.74) is 1.15. The second kappa shape index (κ2) is 5.95. The fourth-order valence-electron chi connectivity index (χ4n) is 2.42. The Morgan fingerprint density at radius 3 is 3.19 bits per heavy atom. The highest BCUT2D eigenvalue weighted by Crippen LogP contribution is 2.26. The topological polar surface area (TPSA) is 69.0 Å². The van der Waals surface area contributed by atoms with E-state index in [2.05, 4.69) is 15.5 Å². The molecule has 0 spiro atoms. The minimum absolute atomic E-state index is 0.0246. The van der Waals surface area contributed by atoms with Crippen LogP contribution in [0.4, 0.5) is 0 Å². The number of aryl methyl sites for hydroxylation is 1. The molecule has 2 aromatic heterocycles. The molecule has 3 rings (SSSR count). The molecule has 21 heavy (non-hydrogen) atoms. The van der Waals surface area contributed by atoms with Crippen LogP contribution in [0.2, 0.25) is 0 Å². The Balaban J connectivity index is 1.61. The Labute approximate surface area is 127 Å². The van der Waals surface area contributed by atoms with Gasteiger partial charge in [0.25, 0.3) is 5.91 Å². The minimum Gasteiger partial charge on any atom is -0.376 e. The van der Waals surface area contributed by atoms with E-state index in [0.29, 0.717) is 13.2 Å². The van der Waals surface area contributed by atoms with Gasteiger partial charge in [0.05, 0.1) is 18.1 Å². The lowest BCUT2D eigenvalue weighted by Crippen LogP contribution is -2.27. The molecule has 1 atom stereocenters. The van der Waals surface area contributed by atoms with Gasteiger partial charge >= 0.3 is 0 Å². The fraction of sp³-hybridized carbons (Fsp3) is 0.500. The molecule has 3 heterocycles. The third-order valence-corrected chi connectivity index (χ3v) is 4.84. The summed E-state index contributed by atoms with van der Waals surface area (Å²) >= 11 is 1.57. The van der Waals surface area contributed by atoms with Gasteiger partial charge in [-0.25, -0.2) is 0 Å². The molecule has 1 aliphatic rings. The maximum atomic E-state index is 12.2. The Bertz CT molecular complexity index is 626. The maximum Gasteiger partial charge on any atom is 0.261 e. The van der Waals surface area contributed by atoms with Crippen molar-refractivity contribution in [3.63, 3.8) is 0 Å². The monoisotopic (exact) mass is 306 g/mol. The number of amides is 1. The summed E-state index contributed by atoms with van der Waals surface area (Å²) in [6.45, 7) is 3.94. The largest absolute Gasteiger partial charge is 0.376 e. The molecular weight excluding hydrogens is 288 g/mol. The van der Waals surface area contributed by atoms with E-state index in [-0.39, 0.29) is 11.8 Å². The van der Waals surface area contributed by atoms with Crippen molar-refractivity contribution in [1.29, 1.82) is 0 Å². The summed E-state index contributed by atoms with van der Waals surface area (Å²) in [4.78, 5) is 14.3. The van der Waals surface area contributed by atoms with E-state index in [9.17, 15) is 4.79 Å². The van der Waals surface area contributed by atoms with Gasteiger partial charge in [0.15, 0.2) is 0 Å². The first-order chi connectivity index (χ1) is 10.1. The van der Waals surface area contributed by atoms with Crippen molar-refractivity contribution in [2.75, 3.05) is 13.2 Å². The van der Waals surface area contributed by atoms with Gasteiger partial charge in [-0.2, -0.15) is 0 Å². The van der Waals surface area contributed by atoms with Gasteiger partial charge in [-0.05, 0) is 11.6 Å². The highest BCUT2D eigenvalue weighted by Gasteiger charge is 2.18. The zero-order chi connectivity index (χ0) is 14.8. The van der Waals surface area contributed by atoms with Gasteiger partial charge < -0.3 is 14.6 Å². The number of nitrogens with zero attached hydrogens (tertiary/aromatic N) is 3. The molecule has 1 N–H and O–H groups in total. The molecule has 0 radical (unpaired) electrons. The van der Waals surface area contributed by atoms with Crippen molar-refractivity contribution in [2.45, 2.75) is 25.9 Å². The molecule has 0 saturated heterocycles. The Morgan fingerprint density at radius 1 is 1.62 bits per heavy atom. The lowest BCUT2D eigenvalue weighted by atomic mass is 10.1. The molecule has 0 aromatic carbocycles. The third-order valence-electron chi connectivity index (χ3n) is 3.61. The molecule has 1 amide bonds. The standard InChI is InChI=1S/C14H18N4O2S/c1-9(13-17-16-8-18(13)2)6-15-14(19)12-5-10-7-20-4-3-11(10)21-12/h5,8-9H,3-4,6-7H2,1-2H3,(H,15,19)/t9-/m0/s1. The number of aromatic nitrogens is 3. The summed E-state index contributed by atoms with van der Waals surface area (Å²) in [6.07, 6.45) is 2.57. The molecule has 0 fully saturated rings. The van der Waals surface area contributed by atoms with E-state index in [0.717, 1.165) is 29.3 Å². The summed E-state index contributed by atoms with van der Waals surface area (Å²) in [7, 11) is 1.90. The Hall–Kier alpha value is -1.73. The van der Waals surface area contributed by atoms with Crippen LogP contribution in [0.25, 0.3) is 0 Å². The molecule has 0 aliphatic carbocycles. The van der Waals surface area contributed by atoms with Crippen molar-refractivity contribution in [3.05, 3.63) is 33.5 Å². The first-order valence-corrected chi connectivity index (χ1v) is 7.78. The highest BCUT2D eigenvalue weighted by atomic mass is 32.1. The molecule has 6 nitrogen and oxygen atoms in total. The minimum atomic E-state index is -0.0246. The summed E-state index contributed by atoms with van der Waals surface area (Å²) < 4.78 is 7.28. The number of fused-ring (bicyclic) bond motifs is 1. The van der Waals surface area contributed by atoms with Gasteiger partial charge in [-0.1, -0.05) is 6.92 Å². The number of nitrogens with one attached hydrogen (secondary N) is 1. The number of carbonyl (C=O) groups is 1. The number of hydrogen-bond donors (Lipinski definition) is 1. The molecule has 1 aliphatic heterocycles. The zero-order valence-electron chi connectivity index (χ0n) is 12.1. The first kappa shape index (κ1) is 14.2. The number of hydrogen-bond acceptors (Lipinski definition) is 5. The quantitative estimate of drug-likeness (QED) is 0.929. The van der Waals surface area contributed by atoms with Crippen LogP contribution in [0.3, 0.4) is 0 Å². The van der Waals surface area contributed by atoms with Gasteiger partial charge in [0, 0.05) is 30.8 Å². The van der Waals surface area contributed by atoms with Gasteiger partial charge in [0.1, 0.15) is 12.2 Å². The average Bonchev–Trinajstić information content (AvgIpc) is 3.10. The van der Waals surface area contributed by atoms with Crippen molar-refractivity contribution < 1.29 is 9.53 Å². The van der Waals surface area contributed by atoms with Crippen LogP contribution in [0.1, 0.15) is 38.8 Å². The summed E-state index contributed by atoms with van der Waals surface area (Å²) in [5.74, 6) is 0.969. The van der Waals surface area contributed by atoms with Crippen LogP contribution in [0.5, 0.6) is 0 Å². The second-order valence-corrected chi connectivity index (χ2v) is 6.41. The van der Waals surface area contributed by atoms with Crippen LogP contribution in [0.15, 0.2) is 12.4 Å². The SMILES string of the molecule is C[C@@H](CNC(=O)c1cc2c(s1)CCOC2)c1nncn1C. The van der Waals surface area contributed by atoms with Crippen molar-refractivity contribution in [3.8, 4) is 0 Å². The van der Waals surface area contributed by atoms with Crippen molar-refractivity contribution in [1.82, 2.24) is 20.1 Å². The van der Waals surface area contributed by atoms with Crippen LogP contribution in [-0.4, -0.2) is 33.8 Å². The van der Waals surface area contributed by atoms with E-state index >= 15 is 0 Å². The normalized spacial score (nSPS) is 15.5. The molecule has 112 valence electrons. The van der Waals surface area contributed by atoms with Crippen LogP contribution >= 0.6 is 11.3 Å². The lowest BCUT2D eigenvalue weighted by Gasteiger charge is -2.11. The second-order valence-electron chi connectivity index (χ2n) is 5.27. The van der Waals surface area contributed by atoms with Crippen LogP contribution in [-0.2, 0) is 24.8 Å². The van der Waals surface area contributed by atoms with Crippen molar-refractivity contribution >= 4 is 17.2 Å². The lowest BCUT2D eigenvalue weighted by molar-refractivity contribution is 0.0954. The number of thiophene rings is 1. The van der Waals surface area contributed by atoms with E-state index in [1.165, 1.54) is 4.88 Å². The maximum absolute atomic E-state index is 12.2. The Morgan fingerprint density at radius 2 is 2.48 bits per heavy atom. The summed E-state index contributed by atoms with van der Waals surface area (Å²) in [6, 6.07) is 1.95. The molecular formula is C14H18N4O2S. The van der Waals surface area contributed by atoms with E-state index < -0.39 is 0 Å². The Kier molecular flexibility index (Phi) is 4.03. The highest BCUT2D eigenvalue weighted by molar-refractivity contribution is 7.14. The number of ether oxygens (including phenoxy) is 1. The average molecular weight is 306 g/mol. The van der Waals surface area contributed by atoms with Crippen molar-refractivity contribution in [2.24, 2.45) is 7.05 Å². The molecule has 7 heteroatoms. The van der Waals surface area contributed by atoms with Gasteiger partial charge in [0.2, 0.25) is 0 Å². The van der Waals surface area contributed by atoms with Gasteiger partial charge in [-0.3, -0.25) is 4.79 Å². The number of rotatable bonds is 4. The smallest absolute Gasteiger partial charge is 0.261 e. The zero-order valence-corrected chi connectivity index (χ0v) is 12.9. The van der Waals surface area contributed by atoms with E-state index in [1.807, 2.05) is 24.6 Å². The molecule has 2 aromatic rings. The molecule has 0 saturated carbocycles. The molecule has 0 unspecified atom stereocenters. The van der Waals surface area contributed by atoms with E-state index in [1.54, 1.807) is 17.7 Å². The van der Waals surface area contributed by atoms with Crippen LogP contribution < -0.4 is 5.32 Å². The predicted molar refractivity (Wildman–Crippen MR) is 79.4 cm³/mol. The number of carbonyl (C=O) groups excluding carboxylic acids is 1. The first-order valence-electron chi connectivity index (χ1n) is 6.96. The summed E-state index contributed by atoms with van der Waals surface area (Å²) in [5, 5.41) is 10.9. The van der Waals surface area contributed by atoms with E-state index in [4.69, 9.17) is 4.74 Å². The molecule has 0 bridgehead atoms. The fourth-order valence-corrected chi connectivity index (χ4v) is 3.49. The third kappa shape index (κ3) is 2.98. The predicted octanol–water partition coefficient (Wildman–Crippen LogP) is 1.48.